The van der Waals surface area contributed by atoms with E-state index in [-0.39, 0.29) is 6.10 Å². The fourth-order valence-electron chi connectivity index (χ4n) is 4.49. The highest BCUT2D eigenvalue weighted by molar-refractivity contribution is 5.95. The Hall–Kier alpha value is -4.27. The van der Waals surface area contributed by atoms with Gasteiger partial charge in [-0.25, -0.2) is 14.3 Å². The molecule has 9 nitrogen and oxygen atoms in total. The summed E-state index contributed by atoms with van der Waals surface area (Å²) in [7, 11) is 7.48. The van der Waals surface area contributed by atoms with Crippen LogP contribution in [0.4, 0.5) is 16.3 Å². The zero-order valence-corrected chi connectivity index (χ0v) is 23.4. The van der Waals surface area contributed by atoms with Gasteiger partial charge < -0.3 is 19.7 Å². The Morgan fingerprint density at radius 1 is 1.21 bits per heavy atom. The summed E-state index contributed by atoms with van der Waals surface area (Å²) in [6.07, 6.45) is 5.86. The number of pyridine rings is 1. The summed E-state index contributed by atoms with van der Waals surface area (Å²) in [6.45, 7) is 7.74. The van der Waals surface area contributed by atoms with Crippen molar-refractivity contribution in [2.75, 3.05) is 26.5 Å². The van der Waals surface area contributed by atoms with Crippen LogP contribution in [0.3, 0.4) is 0 Å². The number of allylic oxidation sites excluding steroid dienone is 1. The van der Waals surface area contributed by atoms with Gasteiger partial charge in [0.15, 0.2) is 0 Å². The first-order chi connectivity index (χ1) is 18.1. The molecule has 1 N–H and O–H groups in total. The van der Waals surface area contributed by atoms with Crippen molar-refractivity contribution in [3.63, 3.8) is 0 Å². The summed E-state index contributed by atoms with van der Waals surface area (Å²) in [5, 5.41) is 8.65. The number of rotatable bonds is 8. The molecule has 1 aromatic carbocycles. The summed E-state index contributed by atoms with van der Waals surface area (Å²) in [5.74, 6) is 1.25. The van der Waals surface area contributed by atoms with Crippen LogP contribution in [0, 0.1) is 6.92 Å². The lowest BCUT2D eigenvalue weighted by atomic mass is 10.1. The SMILES string of the molecule is CC/C(=C\N(C)C)c1cc2cnc(Nc3ccc(-c4cn(C)nc4C)cc3OC)cc2n1C(=O)OC(C)C. The Morgan fingerprint density at radius 2 is 1.97 bits per heavy atom. The highest BCUT2D eigenvalue weighted by atomic mass is 16.6. The van der Waals surface area contributed by atoms with E-state index in [4.69, 9.17) is 9.47 Å². The number of aromatic nitrogens is 4. The molecular formula is C29H36N6O3. The third kappa shape index (κ3) is 5.51. The van der Waals surface area contributed by atoms with Crippen LogP contribution in [0.5, 0.6) is 5.75 Å². The lowest BCUT2D eigenvalue weighted by Gasteiger charge is -2.16. The molecule has 4 aromatic rings. The first-order valence-corrected chi connectivity index (χ1v) is 12.7. The van der Waals surface area contributed by atoms with Crippen LogP contribution in [0.25, 0.3) is 27.6 Å². The number of aryl methyl sites for hydroxylation is 2. The van der Waals surface area contributed by atoms with Crippen molar-refractivity contribution >= 4 is 34.1 Å². The van der Waals surface area contributed by atoms with E-state index in [0.717, 1.165) is 45.6 Å². The molecular weight excluding hydrogens is 480 g/mol. The molecule has 3 aromatic heterocycles. The number of hydrogen-bond donors (Lipinski definition) is 1. The van der Waals surface area contributed by atoms with Crippen LogP contribution in [-0.4, -0.2) is 57.6 Å². The van der Waals surface area contributed by atoms with Crippen LogP contribution in [-0.2, 0) is 11.8 Å². The van der Waals surface area contributed by atoms with Crippen molar-refractivity contribution in [2.45, 2.75) is 40.2 Å². The van der Waals surface area contributed by atoms with Gasteiger partial charge in [0.25, 0.3) is 0 Å². The molecule has 0 amide bonds. The molecule has 0 saturated carbocycles. The van der Waals surface area contributed by atoms with E-state index in [1.807, 2.05) is 89.5 Å². The summed E-state index contributed by atoms with van der Waals surface area (Å²) in [6, 6.07) is 9.80. The predicted octanol–water partition coefficient (Wildman–Crippen LogP) is 6.20. The summed E-state index contributed by atoms with van der Waals surface area (Å²) < 4.78 is 14.7. The van der Waals surface area contributed by atoms with E-state index in [0.29, 0.717) is 17.1 Å². The number of hydrogen-bond acceptors (Lipinski definition) is 7. The van der Waals surface area contributed by atoms with Gasteiger partial charge in [-0.2, -0.15) is 5.10 Å². The van der Waals surface area contributed by atoms with E-state index in [9.17, 15) is 4.79 Å². The van der Waals surface area contributed by atoms with Crippen LogP contribution in [0.15, 0.2) is 48.9 Å². The molecule has 3 heterocycles. The van der Waals surface area contributed by atoms with Gasteiger partial charge in [0.1, 0.15) is 11.6 Å². The summed E-state index contributed by atoms with van der Waals surface area (Å²) >= 11 is 0. The number of carbonyl (C=O) groups is 1. The zero-order valence-electron chi connectivity index (χ0n) is 23.4. The number of benzene rings is 1. The lowest BCUT2D eigenvalue weighted by Crippen LogP contribution is -2.20. The van der Waals surface area contributed by atoms with Crippen LogP contribution in [0.1, 0.15) is 38.6 Å². The highest BCUT2D eigenvalue weighted by Crippen LogP contribution is 2.35. The minimum atomic E-state index is -0.422. The molecule has 4 rings (SSSR count). The second-order valence-electron chi connectivity index (χ2n) is 9.74. The molecule has 0 spiro atoms. The minimum absolute atomic E-state index is 0.249. The average molecular weight is 517 g/mol. The second-order valence-corrected chi connectivity index (χ2v) is 9.74. The standard InChI is InChI=1S/C29H36N6O3/c1-9-20(16-33(5)6)25-12-22-15-30-28(14-26(22)35(25)29(36)38-18(2)3)31-24-11-10-21(13-27(24)37-8)23-17-34(7)32-19(23)4/h10-18H,9H2,1-8H3,(H,30,31)/b20-16+. The van der Waals surface area contributed by atoms with Crippen LogP contribution < -0.4 is 10.1 Å². The van der Waals surface area contributed by atoms with Crippen molar-refractivity contribution in [2.24, 2.45) is 7.05 Å². The van der Waals surface area contributed by atoms with Gasteiger partial charge in [-0.3, -0.25) is 4.68 Å². The molecule has 0 saturated heterocycles. The Balaban J connectivity index is 1.77. The van der Waals surface area contributed by atoms with Crippen molar-refractivity contribution in [3.8, 4) is 16.9 Å². The van der Waals surface area contributed by atoms with Crippen molar-refractivity contribution in [1.29, 1.82) is 0 Å². The number of anilines is 2. The number of ether oxygens (including phenoxy) is 2. The molecule has 0 aliphatic heterocycles. The minimum Gasteiger partial charge on any atom is -0.495 e. The van der Waals surface area contributed by atoms with Crippen LogP contribution in [0.2, 0.25) is 0 Å². The molecule has 38 heavy (non-hydrogen) atoms. The Labute approximate surface area is 223 Å². The molecule has 0 aliphatic carbocycles. The van der Waals surface area contributed by atoms with Gasteiger partial charge in [0.2, 0.25) is 0 Å². The third-order valence-electron chi connectivity index (χ3n) is 6.12. The second kappa shape index (κ2) is 11.0. The molecule has 0 fully saturated rings. The van der Waals surface area contributed by atoms with Gasteiger partial charge >= 0.3 is 6.09 Å². The van der Waals surface area contributed by atoms with Crippen molar-refractivity contribution in [1.82, 2.24) is 24.2 Å². The maximum Gasteiger partial charge on any atom is 0.419 e. The quantitative estimate of drug-likeness (QED) is 0.298. The van der Waals surface area contributed by atoms with Gasteiger partial charge in [0.05, 0.1) is 35.8 Å². The first kappa shape index (κ1) is 26.8. The Morgan fingerprint density at radius 3 is 2.58 bits per heavy atom. The van der Waals surface area contributed by atoms with E-state index in [1.165, 1.54) is 0 Å². The monoisotopic (exact) mass is 516 g/mol. The fourth-order valence-corrected chi connectivity index (χ4v) is 4.49. The predicted molar refractivity (Wildman–Crippen MR) is 152 cm³/mol. The molecule has 200 valence electrons. The lowest BCUT2D eigenvalue weighted by molar-refractivity contribution is 0.118. The number of methoxy groups -OCH3 is 1. The van der Waals surface area contributed by atoms with E-state index >= 15 is 0 Å². The summed E-state index contributed by atoms with van der Waals surface area (Å²) in [5.41, 5.74) is 6.28. The molecule has 0 bridgehead atoms. The van der Waals surface area contributed by atoms with E-state index < -0.39 is 6.09 Å². The van der Waals surface area contributed by atoms with E-state index in [1.54, 1.807) is 22.6 Å². The van der Waals surface area contributed by atoms with Crippen molar-refractivity contribution < 1.29 is 14.3 Å². The number of fused-ring (bicyclic) bond motifs is 1. The average Bonchev–Trinajstić information content (AvgIpc) is 3.40. The molecule has 0 aliphatic rings. The van der Waals surface area contributed by atoms with Gasteiger partial charge in [-0.15, -0.1) is 0 Å². The van der Waals surface area contributed by atoms with Gasteiger partial charge in [-0.05, 0) is 56.5 Å². The van der Waals surface area contributed by atoms with Crippen LogP contribution >= 0.6 is 0 Å². The molecule has 9 heteroatoms. The smallest absolute Gasteiger partial charge is 0.419 e. The maximum atomic E-state index is 13.3. The van der Waals surface area contributed by atoms with Gasteiger partial charge in [-0.1, -0.05) is 13.0 Å². The Kier molecular flexibility index (Phi) is 7.75. The third-order valence-corrected chi connectivity index (χ3v) is 6.12. The Bertz CT molecular complexity index is 1500. The number of nitrogens with zero attached hydrogens (tertiary/aromatic N) is 5. The summed E-state index contributed by atoms with van der Waals surface area (Å²) in [4.78, 5) is 19.9. The topological polar surface area (TPSA) is 86.4 Å². The van der Waals surface area contributed by atoms with Crippen molar-refractivity contribution in [3.05, 3.63) is 60.3 Å². The van der Waals surface area contributed by atoms with Gasteiger partial charge in [0, 0.05) is 56.8 Å². The first-order valence-electron chi connectivity index (χ1n) is 12.7. The highest BCUT2D eigenvalue weighted by Gasteiger charge is 2.21. The normalized spacial score (nSPS) is 11.8. The molecule has 0 radical (unpaired) electrons. The zero-order chi connectivity index (χ0) is 27.6. The fraction of sp³-hybridized carbons (Fsp3) is 0.345. The molecule has 0 atom stereocenters. The largest absolute Gasteiger partial charge is 0.495 e. The maximum absolute atomic E-state index is 13.3. The number of carbonyl (C=O) groups excluding carboxylic acids is 1. The molecule has 0 unspecified atom stereocenters. The number of nitrogens with one attached hydrogen (secondary N) is 1. The van der Waals surface area contributed by atoms with E-state index in [2.05, 4.69) is 22.3 Å².